The van der Waals surface area contributed by atoms with Gasteiger partial charge in [0.05, 0.1) is 0 Å². The van der Waals surface area contributed by atoms with Gasteiger partial charge in [0.2, 0.25) is 12.3 Å². The number of halogens is 2. The molecule has 0 N–H and O–H groups in total. The van der Waals surface area contributed by atoms with Crippen molar-refractivity contribution in [2.75, 3.05) is 0 Å². The molecule has 2 aromatic carbocycles. The zero-order valence-electron chi connectivity index (χ0n) is 12.1. The number of rotatable bonds is 4. The largest absolute Gasteiger partial charge is 0.423 e. The molecule has 3 rings (SSSR count). The maximum Gasteiger partial charge on any atom is 0.336 e. The Bertz CT molecular complexity index is 877. The summed E-state index contributed by atoms with van der Waals surface area (Å²) in [6.45, 7) is 0. The number of aromatic nitrogens is 2. The van der Waals surface area contributed by atoms with Gasteiger partial charge in [-0.3, -0.25) is 0 Å². The number of hydrogen-bond donors (Lipinski definition) is 0. The normalized spacial score (nSPS) is 10.9. The molecule has 0 saturated carbocycles. The third-order valence-corrected chi connectivity index (χ3v) is 3.53. The number of hydrogen-bond acceptors (Lipinski definition) is 5. The predicted molar refractivity (Wildman–Crippen MR) is 88.5 cm³/mol. The van der Waals surface area contributed by atoms with Crippen LogP contribution in [0.25, 0.3) is 17.5 Å². The summed E-state index contributed by atoms with van der Waals surface area (Å²) >= 11 is 3.25. The van der Waals surface area contributed by atoms with Crippen LogP contribution in [0.4, 0.5) is 4.39 Å². The van der Waals surface area contributed by atoms with E-state index in [2.05, 4.69) is 26.1 Å². The fourth-order valence-electron chi connectivity index (χ4n) is 1.91. The molecule has 24 heavy (non-hydrogen) atoms. The highest BCUT2D eigenvalue weighted by molar-refractivity contribution is 9.10. The lowest BCUT2D eigenvalue weighted by Gasteiger charge is -2.02. The molecule has 3 aromatic rings. The van der Waals surface area contributed by atoms with Crippen molar-refractivity contribution in [2.45, 2.75) is 0 Å². The predicted octanol–water partition coefficient (Wildman–Crippen LogP) is 4.26. The Hall–Kier alpha value is -2.80. The molecule has 0 aliphatic carbocycles. The van der Waals surface area contributed by atoms with Gasteiger partial charge in [0, 0.05) is 21.7 Å². The molecule has 0 fully saturated rings. The van der Waals surface area contributed by atoms with Crippen molar-refractivity contribution >= 4 is 28.0 Å². The van der Waals surface area contributed by atoms with Gasteiger partial charge in [0.25, 0.3) is 0 Å². The molecule has 7 heteroatoms. The molecule has 0 saturated heterocycles. The molecule has 0 unspecified atom stereocenters. The molecular formula is C17H10BrFN2O3. The number of ether oxygens (including phenoxy) is 1. The number of esters is 1. The first-order chi connectivity index (χ1) is 11.6. The lowest BCUT2D eigenvalue weighted by atomic mass is 10.2. The average Bonchev–Trinajstić information content (AvgIpc) is 3.11. The van der Waals surface area contributed by atoms with Crippen molar-refractivity contribution in [1.82, 2.24) is 10.2 Å². The highest BCUT2D eigenvalue weighted by Crippen LogP contribution is 2.21. The minimum absolute atomic E-state index is 0.285. The highest BCUT2D eigenvalue weighted by Gasteiger charge is 2.06. The molecular weight excluding hydrogens is 379 g/mol. The lowest BCUT2D eigenvalue weighted by molar-refractivity contribution is -0.128. The van der Waals surface area contributed by atoms with E-state index < -0.39 is 11.8 Å². The first-order valence-corrected chi connectivity index (χ1v) is 7.63. The smallest absolute Gasteiger partial charge is 0.336 e. The van der Waals surface area contributed by atoms with Crippen molar-refractivity contribution in [3.8, 4) is 17.2 Å². The van der Waals surface area contributed by atoms with Crippen molar-refractivity contribution in [1.29, 1.82) is 0 Å². The van der Waals surface area contributed by atoms with Crippen LogP contribution in [-0.4, -0.2) is 16.2 Å². The third-order valence-electron chi connectivity index (χ3n) is 3.04. The van der Waals surface area contributed by atoms with Crippen LogP contribution < -0.4 is 4.74 Å². The third kappa shape index (κ3) is 3.94. The first-order valence-electron chi connectivity index (χ1n) is 6.83. The van der Waals surface area contributed by atoms with Crippen LogP contribution >= 0.6 is 15.9 Å². The van der Waals surface area contributed by atoms with Crippen LogP contribution in [0.15, 0.2) is 63.8 Å². The second kappa shape index (κ2) is 7.18. The van der Waals surface area contributed by atoms with Crippen LogP contribution in [0.3, 0.4) is 0 Å². The SMILES string of the molecule is O=C(/C=C/c1cc(Br)ccc1F)Oc1ccc(-c2nnco2)cc1. The molecule has 0 bridgehead atoms. The second-order valence-corrected chi connectivity index (χ2v) is 5.60. The van der Waals surface area contributed by atoms with Gasteiger partial charge in [0.15, 0.2) is 0 Å². The summed E-state index contributed by atoms with van der Waals surface area (Å²) in [7, 11) is 0. The zero-order valence-corrected chi connectivity index (χ0v) is 13.7. The standard InChI is InChI=1S/C17H10BrFN2O3/c18-13-4-7-15(19)12(9-13)3-8-16(22)24-14-5-1-11(2-6-14)17-21-20-10-23-17/h1-10H/b8-3+. The fourth-order valence-corrected chi connectivity index (χ4v) is 2.29. The Morgan fingerprint density at radius 1 is 1.21 bits per heavy atom. The van der Waals surface area contributed by atoms with Gasteiger partial charge in [-0.1, -0.05) is 15.9 Å². The number of carbonyl (C=O) groups excluding carboxylic acids is 1. The summed E-state index contributed by atoms with van der Waals surface area (Å²) in [4.78, 5) is 11.8. The van der Waals surface area contributed by atoms with Crippen LogP contribution in [0.2, 0.25) is 0 Å². The Morgan fingerprint density at radius 3 is 2.71 bits per heavy atom. The minimum atomic E-state index is -0.611. The summed E-state index contributed by atoms with van der Waals surface area (Å²) in [6, 6.07) is 11.0. The minimum Gasteiger partial charge on any atom is -0.423 e. The van der Waals surface area contributed by atoms with Crippen LogP contribution in [0, 0.1) is 5.82 Å². The maximum absolute atomic E-state index is 13.6. The first kappa shape index (κ1) is 16.1. The Labute approximate surface area is 144 Å². The summed E-state index contributed by atoms with van der Waals surface area (Å²) < 4.78 is 24.5. The van der Waals surface area contributed by atoms with Gasteiger partial charge < -0.3 is 9.15 Å². The second-order valence-electron chi connectivity index (χ2n) is 4.69. The summed E-state index contributed by atoms with van der Waals surface area (Å²) in [6.07, 6.45) is 3.75. The average molecular weight is 389 g/mol. The Morgan fingerprint density at radius 2 is 2.00 bits per heavy atom. The van der Waals surface area contributed by atoms with Gasteiger partial charge in [-0.05, 0) is 48.5 Å². The van der Waals surface area contributed by atoms with E-state index in [4.69, 9.17) is 9.15 Å². The lowest BCUT2D eigenvalue weighted by Crippen LogP contribution is -2.03. The van der Waals surface area contributed by atoms with E-state index in [0.29, 0.717) is 21.7 Å². The Kier molecular flexibility index (Phi) is 4.81. The number of carbonyl (C=O) groups is 1. The summed E-state index contributed by atoms with van der Waals surface area (Å²) in [5, 5.41) is 7.37. The molecule has 0 spiro atoms. The Balaban J connectivity index is 1.66. The number of nitrogens with zero attached hydrogens (tertiary/aromatic N) is 2. The molecule has 0 atom stereocenters. The van der Waals surface area contributed by atoms with Crippen LogP contribution in [0.1, 0.15) is 5.56 Å². The van der Waals surface area contributed by atoms with Crippen molar-refractivity contribution in [3.63, 3.8) is 0 Å². The van der Waals surface area contributed by atoms with E-state index in [9.17, 15) is 9.18 Å². The van der Waals surface area contributed by atoms with Gasteiger partial charge in [-0.25, -0.2) is 9.18 Å². The van der Waals surface area contributed by atoms with Gasteiger partial charge in [-0.2, -0.15) is 0 Å². The molecule has 0 amide bonds. The molecule has 1 heterocycles. The topological polar surface area (TPSA) is 65.2 Å². The van der Waals surface area contributed by atoms with E-state index in [1.165, 1.54) is 18.5 Å². The molecule has 1 aromatic heterocycles. The van der Waals surface area contributed by atoms with Crippen LogP contribution in [-0.2, 0) is 4.79 Å². The van der Waals surface area contributed by atoms with Gasteiger partial charge in [0.1, 0.15) is 11.6 Å². The molecule has 0 aliphatic heterocycles. The molecule has 5 nitrogen and oxygen atoms in total. The van der Waals surface area contributed by atoms with Crippen molar-refractivity contribution < 1.29 is 18.3 Å². The highest BCUT2D eigenvalue weighted by atomic mass is 79.9. The van der Waals surface area contributed by atoms with E-state index in [1.54, 1.807) is 36.4 Å². The number of benzene rings is 2. The van der Waals surface area contributed by atoms with Crippen molar-refractivity contribution in [3.05, 3.63) is 70.8 Å². The van der Waals surface area contributed by atoms with Crippen molar-refractivity contribution in [2.24, 2.45) is 0 Å². The quantitative estimate of drug-likeness (QED) is 0.379. The van der Waals surface area contributed by atoms with Gasteiger partial charge >= 0.3 is 5.97 Å². The maximum atomic E-state index is 13.6. The molecule has 120 valence electrons. The van der Waals surface area contributed by atoms with E-state index in [1.807, 2.05) is 0 Å². The summed E-state index contributed by atoms with van der Waals surface area (Å²) in [5.74, 6) is -0.313. The monoisotopic (exact) mass is 388 g/mol. The summed E-state index contributed by atoms with van der Waals surface area (Å²) in [5.41, 5.74) is 0.993. The van der Waals surface area contributed by atoms with E-state index >= 15 is 0 Å². The zero-order chi connectivity index (χ0) is 16.9. The molecule has 0 radical (unpaired) electrons. The van der Waals surface area contributed by atoms with Gasteiger partial charge in [-0.15, -0.1) is 10.2 Å². The van der Waals surface area contributed by atoms with E-state index in [-0.39, 0.29) is 5.56 Å². The van der Waals surface area contributed by atoms with E-state index in [0.717, 1.165) is 6.08 Å². The fraction of sp³-hybridized carbons (Fsp3) is 0. The van der Waals surface area contributed by atoms with Crippen LogP contribution in [0.5, 0.6) is 5.75 Å². The molecule has 0 aliphatic rings.